The van der Waals surface area contributed by atoms with Crippen molar-refractivity contribution in [2.24, 2.45) is 22.7 Å². The zero-order valence-corrected chi connectivity index (χ0v) is 18.4. The Bertz CT molecular complexity index is 919. The summed E-state index contributed by atoms with van der Waals surface area (Å²) in [6.45, 7) is 11.3. The first kappa shape index (κ1) is 19.1. The molecule has 3 aliphatic carbocycles. The second kappa shape index (κ2) is 5.86. The molecule has 0 aromatic heterocycles. The number of carbonyl (C=O) groups is 2. The highest BCUT2D eigenvalue weighted by molar-refractivity contribution is 5.82. The average Bonchev–Trinajstić information content (AvgIpc) is 3.15. The van der Waals surface area contributed by atoms with Crippen LogP contribution in [0.3, 0.4) is 0 Å². The molecule has 2 saturated carbocycles. The normalized spacial score (nSPS) is 39.1. The molecule has 1 N–H and O–H groups in total. The molecule has 29 heavy (non-hydrogen) atoms. The predicted molar refractivity (Wildman–Crippen MR) is 112 cm³/mol. The van der Waals surface area contributed by atoms with Crippen molar-refractivity contribution in [2.75, 3.05) is 0 Å². The molecule has 4 heteroatoms. The van der Waals surface area contributed by atoms with Gasteiger partial charge in [-0.25, -0.2) is 0 Å². The van der Waals surface area contributed by atoms with Crippen LogP contribution in [0.2, 0.25) is 0 Å². The monoisotopic (exact) mass is 395 g/mol. The van der Waals surface area contributed by atoms with Crippen molar-refractivity contribution >= 4 is 11.9 Å². The average molecular weight is 396 g/mol. The Morgan fingerprint density at radius 3 is 2.59 bits per heavy atom. The zero-order valence-electron chi connectivity index (χ0n) is 18.4. The number of hydrogen-bond donors (Lipinski definition) is 1. The van der Waals surface area contributed by atoms with E-state index >= 15 is 0 Å². The predicted octanol–water partition coefficient (Wildman–Crippen LogP) is 4.32. The van der Waals surface area contributed by atoms with E-state index in [1.807, 2.05) is 0 Å². The third kappa shape index (κ3) is 2.44. The summed E-state index contributed by atoms with van der Waals surface area (Å²) < 4.78 is 5.69. The molecule has 1 aromatic carbocycles. The first-order valence-electron chi connectivity index (χ1n) is 11.2. The van der Waals surface area contributed by atoms with Crippen molar-refractivity contribution in [1.29, 1.82) is 0 Å². The lowest BCUT2D eigenvalue weighted by molar-refractivity contribution is -0.132. The molecule has 5 rings (SSSR count). The summed E-state index contributed by atoms with van der Waals surface area (Å²) in [5, 5.41) is 3.25. The Balaban J connectivity index is 1.54. The summed E-state index contributed by atoms with van der Waals surface area (Å²) in [6, 6.07) is 4.66. The van der Waals surface area contributed by atoms with E-state index in [9.17, 15) is 9.59 Å². The number of hydrogen-bond acceptors (Lipinski definition) is 3. The number of fused-ring (bicyclic) bond motifs is 7. The van der Waals surface area contributed by atoms with Gasteiger partial charge in [0.25, 0.3) is 0 Å². The fourth-order valence-corrected chi connectivity index (χ4v) is 8.03. The van der Waals surface area contributed by atoms with Crippen LogP contribution in [0.25, 0.3) is 0 Å². The number of benzene rings is 1. The Morgan fingerprint density at radius 2 is 1.86 bits per heavy atom. The summed E-state index contributed by atoms with van der Waals surface area (Å²) in [6.07, 6.45) is 5.94. The van der Waals surface area contributed by atoms with Crippen molar-refractivity contribution < 1.29 is 14.3 Å². The van der Waals surface area contributed by atoms with E-state index in [0.29, 0.717) is 18.3 Å². The van der Waals surface area contributed by atoms with Crippen LogP contribution in [-0.4, -0.2) is 17.9 Å². The van der Waals surface area contributed by atoms with Crippen LogP contribution in [-0.2, 0) is 27.8 Å². The van der Waals surface area contributed by atoms with Crippen LogP contribution < -0.4 is 10.1 Å². The van der Waals surface area contributed by atoms with E-state index in [1.165, 1.54) is 17.5 Å². The topological polar surface area (TPSA) is 55.4 Å². The molecule has 156 valence electrons. The van der Waals surface area contributed by atoms with Gasteiger partial charge in [0.05, 0.1) is 6.42 Å². The summed E-state index contributed by atoms with van der Waals surface area (Å²) in [7, 11) is 0. The molecule has 0 bridgehead atoms. The van der Waals surface area contributed by atoms with Gasteiger partial charge in [0.2, 0.25) is 5.91 Å². The lowest BCUT2D eigenvalue weighted by Gasteiger charge is -2.63. The highest BCUT2D eigenvalue weighted by atomic mass is 16.5. The lowest BCUT2D eigenvalue weighted by Crippen LogP contribution is -2.61. The van der Waals surface area contributed by atoms with Gasteiger partial charge in [0, 0.05) is 18.5 Å². The van der Waals surface area contributed by atoms with Crippen molar-refractivity contribution in [1.82, 2.24) is 5.32 Å². The van der Waals surface area contributed by atoms with E-state index in [1.54, 1.807) is 6.92 Å². The fourth-order valence-electron chi connectivity index (χ4n) is 8.03. The zero-order chi connectivity index (χ0) is 20.8. The molecule has 1 aromatic rings. The quantitative estimate of drug-likeness (QED) is 0.569. The minimum atomic E-state index is -0.116. The van der Waals surface area contributed by atoms with Gasteiger partial charge in [0.1, 0.15) is 5.75 Å². The van der Waals surface area contributed by atoms with E-state index in [-0.39, 0.29) is 34.2 Å². The van der Waals surface area contributed by atoms with Crippen LogP contribution in [0, 0.1) is 22.7 Å². The van der Waals surface area contributed by atoms with Crippen molar-refractivity contribution in [3.05, 3.63) is 28.8 Å². The Hall–Kier alpha value is -1.84. The van der Waals surface area contributed by atoms with Crippen molar-refractivity contribution in [3.8, 4) is 5.75 Å². The van der Waals surface area contributed by atoms with Gasteiger partial charge in [-0.3, -0.25) is 9.59 Å². The van der Waals surface area contributed by atoms with Crippen molar-refractivity contribution in [3.63, 3.8) is 0 Å². The molecule has 1 amide bonds. The minimum absolute atomic E-state index is 0.0726. The molecule has 5 unspecified atom stereocenters. The Morgan fingerprint density at radius 1 is 1.10 bits per heavy atom. The van der Waals surface area contributed by atoms with Crippen LogP contribution in [0.15, 0.2) is 12.1 Å². The van der Waals surface area contributed by atoms with E-state index in [0.717, 1.165) is 37.0 Å². The highest BCUT2D eigenvalue weighted by Crippen LogP contribution is 2.68. The third-order valence-electron chi connectivity index (χ3n) is 9.38. The van der Waals surface area contributed by atoms with Gasteiger partial charge in [0.15, 0.2) is 0 Å². The molecule has 0 saturated heterocycles. The molecule has 4 aliphatic rings. The molecular formula is C25H33NO3. The number of carbonyl (C=O) groups excluding carboxylic acids is 2. The van der Waals surface area contributed by atoms with Gasteiger partial charge in [-0.1, -0.05) is 39.8 Å². The van der Waals surface area contributed by atoms with Gasteiger partial charge < -0.3 is 10.1 Å². The van der Waals surface area contributed by atoms with Crippen molar-refractivity contribution in [2.45, 2.75) is 84.6 Å². The second-order valence-corrected chi connectivity index (χ2v) is 11.1. The van der Waals surface area contributed by atoms with Gasteiger partial charge in [-0.15, -0.1) is 0 Å². The first-order chi connectivity index (χ1) is 13.6. The SMILES string of the molecule is CC(=O)NC1CCC2(C)C3Cc4c(ccc5c4OC(=O)C5)C3(C)CCC2C1(C)C. The largest absolute Gasteiger partial charge is 0.426 e. The molecule has 1 aliphatic heterocycles. The fraction of sp³-hybridized carbons (Fsp3) is 0.680. The van der Waals surface area contributed by atoms with Crippen LogP contribution >= 0.6 is 0 Å². The summed E-state index contributed by atoms with van der Waals surface area (Å²) in [4.78, 5) is 23.7. The second-order valence-electron chi connectivity index (χ2n) is 11.1. The van der Waals surface area contributed by atoms with E-state index < -0.39 is 0 Å². The summed E-state index contributed by atoms with van der Waals surface area (Å²) in [5.41, 5.74) is 4.21. The van der Waals surface area contributed by atoms with E-state index in [4.69, 9.17) is 4.74 Å². The molecule has 0 spiro atoms. The maximum absolute atomic E-state index is 11.9. The smallest absolute Gasteiger partial charge is 0.315 e. The van der Waals surface area contributed by atoms with Crippen LogP contribution in [0.1, 0.15) is 77.0 Å². The number of nitrogens with one attached hydrogen (secondary N) is 1. The minimum Gasteiger partial charge on any atom is -0.426 e. The highest BCUT2D eigenvalue weighted by Gasteiger charge is 2.63. The third-order valence-corrected chi connectivity index (χ3v) is 9.38. The number of esters is 1. The van der Waals surface area contributed by atoms with E-state index in [2.05, 4.69) is 45.1 Å². The molecule has 1 heterocycles. The maximum atomic E-state index is 11.9. The van der Waals surface area contributed by atoms with Gasteiger partial charge >= 0.3 is 5.97 Å². The summed E-state index contributed by atoms with van der Waals surface area (Å²) in [5.74, 6) is 1.96. The first-order valence-corrected chi connectivity index (χ1v) is 11.2. The number of ether oxygens (including phenoxy) is 1. The van der Waals surface area contributed by atoms with Gasteiger partial charge in [-0.05, 0) is 71.3 Å². The van der Waals surface area contributed by atoms with Crippen LogP contribution in [0.5, 0.6) is 5.75 Å². The maximum Gasteiger partial charge on any atom is 0.315 e. The molecule has 2 fully saturated rings. The molecule has 0 radical (unpaired) electrons. The Kier molecular flexibility index (Phi) is 3.87. The standard InChI is InChI=1S/C25H33NO3/c1-14(27)26-20-9-11-25(5)18(23(20,2)3)8-10-24(4)17-7-6-15-12-21(28)29-22(15)16(17)13-19(24)25/h6-7,18-20H,8-13H2,1-5H3,(H,26,27). The molecular weight excluding hydrogens is 362 g/mol. The molecule has 4 nitrogen and oxygen atoms in total. The number of rotatable bonds is 1. The van der Waals surface area contributed by atoms with Gasteiger partial charge in [-0.2, -0.15) is 0 Å². The van der Waals surface area contributed by atoms with Crippen LogP contribution in [0.4, 0.5) is 0 Å². The number of amides is 1. The lowest BCUT2D eigenvalue weighted by atomic mass is 9.42. The molecule has 5 atom stereocenters. The Labute approximate surface area is 173 Å². The summed E-state index contributed by atoms with van der Waals surface area (Å²) >= 11 is 0.